The Hall–Kier alpha value is -1.62. The molecule has 82 valence electrons. The molecule has 1 N–H and O–H groups in total. The molecule has 0 radical (unpaired) electrons. The van der Waals surface area contributed by atoms with Crippen LogP contribution >= 0.6 is 11.8 Å². The predicted octanol–water partition coefficient (Wildman–Crippen LogP) is 2.75. The van der Waals surface area contributed by atoms with Crippen LogP contribution in [0.25, 0.3) is 11.3 Å². The number of aldehydes is 1. The van der Waals surface area contributed by atoms with Crippen molar-refractivity contribution in [3.63, 3.8) is 0 Å². The van der Waals surface area contributed by atoms with Crippen LogP contribution in [0.15, 0.2) is 29.3 Å². The molecule has 0 saturated carbocycles. The van der Waals surface area contributed by atoms with E-state index in [2.05, 4.69) is 10.2 Å². The molecule has 0 aliphatic heterocycles. The van der Waals surface area contributed by atoms with Crippen molar-refractivity contribution in [1.29, 1.82) is 0 Å². The SMILES string of the molecule is CSc1ccc(-c2[nH]ncc2C=O)cc1F. The number of benzene rings is 1. The van der Waals surface area contributed by atoms with Gasteiger partial charge < -0.3 is 0 Å². The fourth-order valence-corrected chi connectivity index (χ4v) is 1.90. The maximum Gasteiger partial charge on any atom is 0.153 e. The fourth-order valence-electron chi connectivity index (χ4n) is 1.44. The molecule has 0 unspecified atom stereocenters. The Kier molecular flexibility index (Phi) is 3.05. The van der Waals surface area contributed by atoms with Gasteiger partial charge >= 0.3 is 0 Å². The van der Waals surface area contributed by atoms with E-state index in [9.17, 15) is 9.18 Å². The van der Waals surface area contributed by atoms with Gasteiger partial charge in [-0.05, 0) is 18.4 Å². The van der Waals surface area contributed by atoms with Gasteiger partial charge in [0, 0.05) is 10.5 Å². The Morgan fingerprint density at radius 3 is 2.94 bits per heavy atom. The summed E-state index contributed by atoms with van der Waals surface area (Å²) >= 11 is 1.34. The molecule has 5 heteroatoms. The van der Waals surface area contributed by atoms with Crippen LogP contribution in [0, 0.1) is 5.82 Å². The molecule has 0 bridgehead atoms. The van der Waals surface area contributed by atoms with Crippen molar-refractivity contribution < 1.29 is 9.18 Å². The number of hydrogen-bond acceptors (Lipinski definition) is 3. The van der Waals surface area contributed by atoms with Gasteiger partial charge in [-0.3, -0.25) is 9.89 Å². The Labute approximate surface area is 96.1 Å². The predicted molar refractivity (Wildman–Crippen MR) is 61.2 cm³/mol. The highest BCUT2D eigenvalue weighted by Crippen LogP contribution is 2.26. The monoisotopic (exact) mass is 236 g/mol. The zero-order chi connectivity index (χ0) is 11.5. The average molecular weight is 236 g/mol. The van der Waals surface area contributed by atoms with Crippen LogP contribution in [-0.2, 0) is 0 Å². The normalized spacial score (nSPS) is 10.4. The number of H-pyrrole nitrogens is 1. The number of hydrogen-bond donors (Lipinski definition) is 1. The van der Waals surface area contributed by atoms with E-state index >= 15 is 0 Å². The second-order valence-electron chi connectivity index (χ2n) is 3.17. The van der Waals surface area contributed by atoms with Crippen molar-refractivity contribution in [3.05, 3.63) is 35.8 Å². The molecular weight excluding hydrogens is 227 g/mol. The summed E-state index contributed by atoms with van der Waals surface area (Å²) in [5.41, 5.74) is 1.59. The molecule has 3 nitrogen and oxygen atoms in total. The first-order valence-electron chi connectivity index (χ1n) is 4.58. The van der Waals surface area contributed by atoms with Crippen molar-refractivity contribution in [2.45, 2.75) is 4.90 Å². The van der Waals surface area contributed by atoms with Gasteiger partial charge in [0.15, 0.2) is 6.29 Å². The topological polar surface area (TPSA) is 45.8 Å². The number of nitrogens with one attached hydrogen (secondary N) is 1. The van der Waals surface area contributed by atoms with E-state index in [-0.39, 0.29) is 5.82 Å². The quantitative estimate of drug-likeness (QED) is 0.658. The van der Waals surface area contributed by atoms with Gasteiger partial charge in [-0.1, -0.05) is 6.07 Å². The zero-order valence-corrected chi connectivity index (χ0v) is 9.34. The smallest absolute Gasteiger partial charge is 0.153 e. The van der Waals surface area contributed by atoms with Crippen LogP contribution in [0.5, 0.6) is 0 Å². The molecule has 2 rings (SSSR count). The van der Waals surface area contributed by atoms with E-state index in [1.165, 1.54) is 24.0 Å². The Morgan fingerprint density at radius 2 is 2.31 bits per heavy atom. The highest BCUT2D eigenvalue weighted by molar-refractivity contribution is 7.98. The summed E-state index contributed by atoms with van der Waals surface area (Å²) in [6.45, 7) is 0. The lowest BCUT2D eigenvalue weighted by molar-refractivity contribution is 0.112. The number of aromatic nitrogens is 2. The van der Waals surface area contributed by atoms with Crippen molar-refractivity contribution >= 4 is 18.0 Å². The van der Waals surface area contributed by atoms with Crippen molar-refractivity contribution in [2.24, 2.45) is 0 Å². The van der Waals surface area contributed by atoms with E-state index in [1.54, 1.807) is 12.1 Å². The first-order chi connectivity index (χ1) is 7.76. The Balaban J connectivity index is 2.49. The summed E-state index contributed by atoms with van der Waals surface area (Å²) in [6, 6.07) is 4.84. The van der Waals surface area contributed by atoms with E-state index < -0.39 is 0 Å². The second-order valence-corrected chi connectivity index (χ2v) is 4.02. The molecule has 0 atom stereocenters. The molecule has 0 spiro atoms. The lowest BCUT2D eigenvalue weighted by Crippen LogP contribution is -1.87. The molecule has 0 aliphatic carbocycles. The summed E-state index contributed by atoms with van der Waals surface area (Å²) in [5, 5.41) is 6.44. The minimum absolute atomic E-state index is 0.295. The van der Waals surface area contributed by atoms with Gasteiger partial charge in [0.2, 0.25) is 0 Å². The average Bonchev–Trinajstić information content (AvgIpc) is 2.77. The van der Waals surface area contributed by atoms with E-state index in [1.807, 2.05) is 6.26 Å². The summed E-state index contributed by atoms with van der Waals surface area (Å²) in [6.07, 6.45) is 3.92. The third-order valence-corrected chi connectivity index (χ3v) is 3.01. The van der Waals surface area contributed by atoms with E-state index in [0.717, 1.165) is 0 Å². The van der Waals surface area contributed by atoms with Crippen LogP contribution in [0.2, 0.25) is 0 Å². The molecule has 2 aromatic rings. The van der Waals surface area contributed by atoms with Gasteiger partial charge in [0.05, 0.1) is 17.5 Å². The van der Waals surface area contributed by atoms with Gasteiger partial charge in [-0.2, -0.15) is 5.10 Å². The lowest BCUT2D eigenvalue weighted by Gasteiger charge is -2.02. The molecule has 0 fully saturated rings. The number of rotatable bonds is 3. The van der Waals surface area contributed by atoms with Gasteiger partial charge in [-0.25, -0.2) is 4.39 Å². The van der Waals surface area contributed by atoms with Gasteiger partial charge in [0.1, 0.15) is 5.82 Å². The number of nitrogens with zero attached hydrogens (tertiary/aromatic N) is 1. The minimum Gasteiger partial charge on any atom is -0.298 e. The number of thioether (sulfide) groups is 1. The molecule has 1 aromatic carbocycles. The van der Waals surface area contributed by atoms with Crippen LogP contribution in [-0.4, -0.2) is 22.7 Å². The summed E-state index contributed by atoms with van der Waals surface area (Å²) in [4.78, 5) is 11.3. The number of carbonyl (C=O) groups excluding carboxylic acids is 1. The summed E-state index contributed by atoms with van der Waals surface area (Å²) in [7, 11) is 0. The van der Waals surface area contributed by atoms with Gasteiger partial charge in [0.25, 0.3) is 0 Å². The Bertz CT molecular complexity index is 524. The fraction of sp³-hybridized carbons (Fsp3) is 0.0909. The van der Waals surface area contributed by atoms with Crippen LogP contribution in [0.3, 0.4) is 0 Å². The maximum absolute atomic E-state index is 13.5. The van der Waals surface area contributed by atoms with Crippen molar-refractivity contribution in [3.8, 4) is 11.3 Å². The molecule has 0 aliphatic rings. The standard InChI is InChI=1S/C11H9FN2OS/c1-16-10-3-2-7(4-9(10)12)11-8(6-15)5-13-14-11/h2-6H,1H3,(H,13,14). The number of halogens is 1. The molecule has 0 amide bonds. The van der Waals surface area contributed by atoms with Crippen molar-refractivity contribution in [2.75, 3.05) is 6.26 Å². The number of carbonyl (C=O) groups is 1. The molecule has 1 heterocycles. The van der Waals surface area contributed by atoms with Crippen LogP contribution in [0.1, 0.15) is 10.4 Å². The van der Waals surface area contributed by atoms with Crippen LogP contribution in [0.4, 0.5) is 4.39 Å². The maximum atomic E-state index is 13.5. The molecule has 1 aromatic heterocycles. The highest BCUT2D eigenvalue weighted by atomic mass is 32.2. The third-order valence-electron chi connectivity index (χ3n) is 2.24. The second kappa shape index (κ2) is 4.49. The molecule has 16 heavy (non-hydrogen) atoms. The van der Waals surface area contributed by atoms with E-state index in [0.29, 0.717) is 28.0 Å². The highest BCUT2D eigenvalue weighted by Gasteiger charge is 2.09. The largest absolute Gasteiger partial charge is 0.298 e. The van der Waals surface area contributed by atoms with Crippen LogP contribution < -0.4 is 0 Å². The van der Waals surface area contributed by atoms with Crippen molar-refractivity contribution in [1.82, 2.24) is 10.2 Å². The third kappa shape index (κ3) is 1.86. The zero-order valence-electron chi connectivity index (χ0n) is 8.53. The molecule has 0 saturated heterocycles. The Morgan fingerprint density at radius 1 is 1.50 bits per heavy atom. The number of aromatic amines is 1. The van der Waals surface area contributed by atoms with E-state index in [4.69, 9.17) is 0 Å². The first-order valence-corrected chi connectivity index (χ1v) is 5.81. The summed E-state index contributed by atoms with van der Waals surface area (Å²) < 4.78 is 13.5. The summed E-state index contributed by atoms with van der Waals surface area (Å²) in [5.74, 6) is -0.295. The van der Waals surface area contributed by atoms with Gasteiger partial charge in [-0.15, -0.1) is 11.8 Å². The molecular formula is C11H9FN2OS. The minimum atomic E-state index is -0.295. The first kappa shape index (κ1) is 10.9. The lowest BCUT2D eigenvalue weighted by atomic mass is 10.1.